The molecule has 70 valence electrons. The van der Waals surface area contributed by atoms with Gasteiger partial charge in [0.15, 0.2) is 0 Å². The maximum Gasteiger partial charge on any atom is 0.339 e. The Morgan fingerprint density at radius 3 is 2.77 bits per heavy atom. The van der Waals surface area contributed by atoms with Gasteiger partial charge in [0, 0.05) is 3.57 Å². The van der Waals surface area contributed by atoms with Gasteiger partial charge in [0.2, 0.25) is 0 Å². The van der Waals surface area contributed by atoms with E-state index in [2.05, 4.69) is 4.74 Å². The number of carbonyl (C=O) groups is 1. The first-order valence-electron chi connectivity index (χ1n) is 3.42. The topological polar surface area (TPSA) is 72.5 Å². The Balaban J connectivity index is 3.23. The molecule has 0 fully saturated rings. The van der Waals surface area contributed by atoms with Gasteiger partial charge < -0.3 is 15.6 Å². The molecule has 4 nitrogen and oxygen atoms in total. The quantitative estimate of drug-likeness (QED) is 0.355. The van der Waals surface area contributed by atoms with Crippen LogP contribution in [0.3, 0.4) is 0 Å². The number of nitrogens with two attached hydrogens (primary N) is 1. The van der Waals surface area contributed by atoms with Gasteiger partial charge in [0.1, 0.15) is 5.75 Å². The first-order valence-corrected chi connectivity index (χ1v) is 4.50. The molecule has 0 aromatic heterocycles. The van der Waals surface area contributed by atoms with Gasteiger partial charge in [-0.2, -0.15) is 0 Å². The van der Waals surface area contributed by atoms with Crippen molar-refractivity contribution in [2.24, 2.45) is 0 Å². The lowest BCUT2D eigenvalue weighted by molar-refractivity contribution is 0.0599. The first kappa shape index (κ1) is 10.1. The molecule has 5 heteroatoms. The fraction of sp³-hybridized carbons (Fsp3) is 0.125. The maximum atomic E-state index is 11.1. The van der Waals surface area contributed by atoms with Gasteiger partial charge in [-0.05, 0) is 34.7 Å². The molecule has 0 spiro atoms. The number of esters is 1. The molecular weight excluding hydrogens is 285 g/mol. The van der Waals surface area contributed by atoms with Crippen molar-refractivity contribution in [1.82, 2.24) is 0 Å². The number of ether oxygens (including phenoxy) is 1. The summed E-state index contributed by atoms with van der Waals surface area (Å²) in [6, 6.07) is 2.81. The molecule has 13 heavy (non-hydrogen) atoms. The second kappa shape index (κ2) is 3.82. The first-order chi connectivity index (χ1) is 6.06. The predicted molar refractivity (Wildman–Crippen MR) is 56.6 cm³/mol. The molecule has 1 rings (SSSR count). The van der Waals surface area contributed by atoms with Crippen LogP contribution in [0.2, 0.25) is 0 Å². The molecule has 3 N–H and O–H groups in total. The number of nitrogen functional groups attached to an aromatic ring is 1. The lowest BCUT2D eigenvalue weighted by Gasteiger charge is -2.05. The summed E-state index contributed by atoms with van der Waals surface area (Å²) in [6.45, 7) is 0. The molecule has 0 unspecified atom stereocenters. The Morgan fingerprint density at radius 2 is 2.23 bits per heavy atom. The molecule has 0 saturated carbocycles. The van der Waals surface area contributed by atoms with Crippen molar-refractivity contribution in [1.29, 1.82) is 0 Å². The van der Waals surface area contributed by atoms with E-state index < -0.39 is 5.97 Å². The Bertz CT molecular complexity index is 351. The summed E-state index contributed by atoms with van der Waals surface area (Å²) in [5, 5.41) is 9.20. The monoisotopic (exact) mass is 293 g/mol. The lowest BCUT2D eigenvalue weighted by Crippen LogP contribution is -2.04. The molecule has 0 aliphatic rings. The molecule has 0 bridgehead atoms. The van der Waals surface area contributed by atoms with E-state index >= 15 is 0 Å². The zero-order chi connectivity index (χ0) is 10.0. The summed E-state index contributed by atoms with van der Waals surface area (Å²) in [5.41, 5.74) is 5.95. The van der Waals surface area contributed by atoms with E-state index in [9.17, 15) is 9.90 Å². The third kappa shape index (κ3) is 2.03. The van der Waals surface area contributed by atoms with Gasteiger partial charge in [-0.15, -0.1) is 0 Å². The molecule has 0 radical (unpaired) electrons. The fourth-order valence-electron chi connectivity index (χ4n) is 0.846. The SMILES string of the molecule is COC(=O)c1cc(N)c(O)cc1I. The second-order valence-corrected chi connectivity index (χ2v) is 3.54. The highest BCUT2D eigenvalue weighted by molar-refractivity contribution is 14.1. The smallest absolute Gasteiger partial charge is 0.339 e. The van der Waals surface area contributed by atoms with E-state index in [1.165, 1.54) is 19.2 Å². The zero-order valence-corrected chi connectivity index (χ0v) is 9.03. The third-order valence-electron chi connectivity index (χ3n) is 1.52. The van der Waals surface area contributed by atoms with Gasteiger partial charge in [-0.3, -0.25) is 0 Å². The summed E-state index contributed by atoms with van der Waals surface area (Å²) in [6.07, 6.45) is 0. The molecular formula is C8H8INO3. The van der Waals surface area contributed by atoms with Crippen LogP contribution < -0.4 is 5.73 Å². The van der Waals surface area contributed by atoms with Gasteiger partial charge in [0.25, 0.3) is 0 Å². The van der Waals surface area contributed by atoms with Crippen molar-refractivity contribution in [2.45, 2.75) is 0 Å². The number of benzene rings is 1. The minimum Gasteiger partial charge on any atom is -0.506 e. The Labute approximate surface area is 88.8 Å². The van der Waals surface area contributed by atoms with Gasteiger partial charge >= 0.3 is 5.97 Å². The van der Waals surface area contributed by atoms with Crippen LogP contribution in [-0.4, -0.2) is 18.2 Å². The molecule has 1 aromatic rings. The van der Waals surface area contributed by atoms with Crippen molar-refractivity contribution in [2.75, 3.05) is 12.8 Å². The van der Waals surface area contributed by atoms with Crippen LogP contribution in [-0.2, 0) is 4.74 Å². The highest BCUT2D eigenvalue weighted by atomic mass is 127. The number of phenols is 1. The molecule has 0 amide bonds. The number of hydrogen-bond donors (Lipinski definition) is 2. The molecule has 0 saturated heterocycles. The van der Waals surface area contributed by atoms with Crippen LogP contribution >= 0.6 is 22.6 Å². The average Bonchev–Trinajstić information content (AvgIpc) is 2.10. The van der Waals surface area contributed by atoms with Gasteiger partial charge in [0.05, 0.1) is 18.4 Å². The number of phenolic OH excluding ortho intramolecular Hbond substituents is 1. The van der Waals surface area contributed by atoms with Crippen molar-refractivity contribution < 1.29 is 14.6 Å². The van der Waals surface area contributed by atoms with Crippen molar-refractivity contribution in [3.05, 3.63) is 21.3 Å². The number of hydrogen-bond acceptors (Lipinski definition) is 4. The van der Waals surface area contributed by atoms with Crippen molar-refractivity contribution in [3.63, 3.8) is 0 Å². The van der Waals surface area contributed by atoms with E-state index in [0.717, 1.165) is 0 Å². The molecule has 1 aromatic carbocycles. The summed E-state index contributed by atoms with van der Waals surface area (Å²) in [4.78, 5) is 11.1. The largest absolute Gasteiger partial charge is 0.506 e. The van der Waals surface area contributed by atoms with Crippen LogP contribution in [0.5, 0.6) is 5.75 Å². The Kier molecular flexibility index (Phi) is 2.97. The van der Waals surface area contributed by atoms with E-state index in [-0.39, 0.29) is 11.4 Å². The fourth-order valence-corrected chi connectivity index (χ4v) is 1.52. The van der Waals surface area contributed by atoms with E-state index in [1.54, 1.807) is 0 Å². The second-order valence-electron chi connectivity index (χ2n) is 2.38. The maximum absolute atomic E-state index is 11.1. The van der Waals surface area contributed by atoms with Crippen molar-refractivity contribution in [3.8, 4) is 5.75 Å². The van der Waals surface area contributed by atoms with Crippen LogP contribution in [0, 0.1) is 3.57 Å². The normalized spacial score (nSPS) is 9.69. The molecule has 0 aliphatic heterocycles. The molecule has 0 aliphatic carbocycles. The van der Waals surface area contributed by atoms with Crippen LogP contribution in [0.25, 0.3) is 0 Å². The number of carbonyl (C=O) groups excluding carboxylic acids is 1. The number of methoxy groups -OCH3 is 1. The van der Waals surface area contributed by atoms with Crippen LogP contribution in [0.1, 0.15) is 10.4 Å². The molecule has 0 heterocycles. The zero-order valence-electron chi connectivity index (χ0n) is 6.87. The number of rotatable bonds is 1. The summed E-state index contributed by atoms with van der Waals surface area (Å²) < 4.78 is 5.14. The number of anilines is 1. The van der Waals surface area contributed by atoms with Crippen molar-refractivity contribution >= 4 is 34.2 Å². The summed E-state index contributed by atoms with van der Waals surface area (Å²) in [5.74, 6) is -0.492. The predicted octanol–water partition coefficient (Wildman–Crippen LogP) is 1.37. The van der Waals surface area contributed by atoms with Crippen LogP contribution in [0.15, 0.2) is 12.1 Å². The van der Waals surface area contributed by atoms with E-state index in [1.807, 2.05) is 22.6 Å². The molecule has 0 atom stereocenters. The third-order valence-corrected chi connectivity index (χ3v) is 2.41. The Morgan fingerprint density at radius 1 is 1.62 bits per heavy atom. The standard InChI is InChI=1S/C8H8INO3/c1-13-8(12)4-2-6(10)7(11)3-5(4)9/h2-3,11H,10H2,1H3. The minimum absolute atomic E-state index is 0.0305. The van der Waals surface area contributed by atoms with Crippen LogP contribution in [0.4, 0.5) is 5.69 Å². The van der Waals surface area contributed by atoms with E-state index in [0.29, 0.717) is 9.13 Å². The number of aromatic hydroxyl groups is 1. The minimum atomic E-state index is -0.462. The van der Waals surface area contributed by atoms with Gasteiger partial charge in [-0.1, -0.05) is 0 Å². The summed E-state index contributed by atoms with van der Waals surface area (Å²) in [7, 11) is 1.29. The average molecular weight is 293 g/mol. The number of halogens is 1. The Hall–Kier alpha value is -0.980. The highest BCUT2D eigenvalue weighted by Gasteiger charge is 2.12. The summed E-state index contributed by atoms with van der Waals surface area (Å²) >= 11 is 1.92. The lowest BCUT2D eigenvalue weighted by atomic mass is 10.2. The van der Waals surface area contributed by atoms with Gasteiger partial charge in [-0.25, -0.2) is 4.79 Å². The highest BCUT2D eigenvalue weighted by Crippen LogP contribution is 2.26. The van der Waals surface area contributed by atoms with E-state index in [4.69, 9.17) is 5.73 Å².